The summed E-state index contributed by atoms with van der Waals surface area (Å²) in [5, 5.41) is 1.81. The zero-order valence-corrected chi connectivity index (χ0v) is 11.8. The van der Waals surface area contributed by atoms with Crippen LogP contribution in [0.4, 0.5) is 0 Å². The van der Waals surface area contributed by atoms with Gasteiger partial charge in [0.25, 0.3) is 0 Å². The number of fused-ring (bicyclic) bond motifs is 1. The van der Waals surface area contributed by atoms with E-state index in [1.54, 1.807) is 0 Å². The number of rotatable bonds is 2. The van der Waals surface area contributed by atoms with Gasteiger partial charge < -0.3 is 4.98 Å². The van der Waals surface area contributed by atoms with Crippen LogP contribution in [0.25, 0.3) is 18.2 Å². The molecule has 0 spiro atoms. The number of pyridine rings is 1. The number of aromatic amines is 1. The predicted molar refractivity (Wildman–Crippen MR) is 84.7 cm³/mol. The van der Waals surface area contributed by atoms with E-state index in [4.69, 9.17) is 0 Å². The minimum Gasteiger partial charge on any atom is -0.355 e. The third kappa shape index (κ3) is 2.46. The summed E-state index contributed by atoms with van der Waals surface area (Å²) in [5.41, 5.74) is 3.20. The summed E-state index contributed by atoms with van der Waals surface area (Å²) >= 11 is 0. The smallest absolute Gasteiger partial charge is 0.192 e. The highest BCUT2D eigenvalue weighted by Gasteiger charge is 2.05. The normalized spacial score (nSPS) is 17.4. The molecule has 102 valence electrons. The largest absolute Gasteiger partial charge is 0.355 e. The highest BCUT2D eigenvalue weighted by molar-refractivity contribution is 5.54. The molecule has 2 aliphatic carbocycles. The van der Waals surface area contributed by atoms with Crippen molar-refractivity contribution in [2.24, 2.45) is 0 Å². The Morgan fingerprint density at radius 2 is 2.00 bits per heavy atom. The van der Waals surface area contributed by atoms with Crippen LogP contribution in [0.15, 0.2) is 34.7 Å². The minimum atomic E-state index is 0.159. The molecule has 0 aromatic carbocycles. The molecule has 0 radical (unpaired) electrons. The molecule has 0 fully saturated rings. The molecule has 1 aromatic rings. The lowest BCUT2D eigenvalue weighted by atomic mass is 10.0. The van der Waals surface area contributed by atoms with Crippen molar-refractivity contribution >= 4 is 18.2 Å². The van der Waals surface area contributed by atoms with E-state index < -0.39 is 0 Å². The van der Waals surface area contributed by atoms with Crippen LogP contribution < -0.4 is 16.0 Å². The molecule has 1 N–H and O–H groups in total. The van der Waals surface area contributed by atoms with E-state index in [0.29, 0.717) is 0 Å². The fraction of sp³-hybridized carbons (Fsp3) is 0.278. The first-order valence-electron chi connectivity index (χ1n) is 7.23. The maximum absolute atomic E-state index is 12.4. The van der Waals surface area contributed by atoms with E-state index in [2.05, 4.69) is 35.4 Å². The van der Waals surface area contributed by atoms with Gasteiger partial charge in [-0.25, -0.2) is 0 Å². The lowest BCUT2D eigenvalue weighted by molar-refractivity contribution is 0.991. The van der Waals surface area contributed by atoms with E-state index in [1.165, 1.54) is 5.57 Å². The number of hydrogen-bond donors (Lipinski definition) is 1. The van der Waals surface area contributed by atoms with Gasteiger partial charge in [-0.15, -0.1) is 0 Å². The average molecular weight is 265 g/mol. The van der Waals surface area contributed by atoms with Crippen molar-refractivity contribution in [1.82, 2.24) is 4.98 Å². The molecule has 20 heavy (non-hydrogen) atoms. The van der Waals surface area contributed by atoms with Gasteiger partial charge in [0, 0.05) is 21.8 Å². The van der Waals surface area contributed by atoms with Crippen molar-refractivity contribution in [1.29, 1.82) is 0 Å². The van der Waals surface area contributed by atoms with Crippen molar-refractivity contribution in [3.63, 3.8) is 0 Å². The SMILES string of the molecule is Cc1c(/C=C/C2=CC=CCC2)[nH]c2c(c1=O)=CCCC=2. The first-order chi connectivity index (χ1) is 9.75. The third-order valence-electron chi connectivity index (χ3n) is 3.92. The van der Waals surface area contributed by atoms with Crippen LogP contribution >= 0.6 is 0 Å². The molecule has 0 amide bonds. The van der Waals surface area contributed by atoms with E-state index in [0.717, 1.165) is 47.5 Å². The quantitative estimate of drug-likeness (QED) is 0.874. The van der Waals surface area contributed by atoms with Crippen molar-refractivity contribution in [3.05, 3.63) is 61.9 Å². The van der Waals surface area contributed by atoms with Crippen LogP contribution in [-0.4, -0.2) is 4.98 Å². The predicted octanol–water partition coefficient (Wildman–Crippen LogP) is 2.33. The van der Waals surface area contributed by atoms with Crippen LogP contribution in [0.2, 0.25) is 0 Å². The summed E-state index contributed by atoms with van der Waals surface area (Å²) in [4.78, 5) is 15.7. The van der Waals surface area contributed by atoms with Gasteiger partial charge in [0.1, 0.15) is 0 Å². The Labute approximate surface area is 118 Å². The number of hydrogen-bond acceptors (Lipinski definition) is 1. The molecular formula is C18H19NO. The Kier molecular flexibility index (Phi) is 3.55. The summed E-state index contributed by atoms with van der Waals surface area (Å²) in [6, 6.07) is 0. The Bertz CT molecular complexity index is 788. The molecule has 0 unspecified atom stereocenters. The second kappa shape index (κ2) is 5.49. The molecule has 2 aliphatic rings. The molecule has 2 heteroatoms. The van der Waals surface area contributed by atoms with Gasteiger partial charge in [-0.2, -0.15) is 0 Å². The Hall–Kier alpha value is -2.09. The summed E-state index contributed by atoms with van der Waals surface area (Å²) in [7, 11) is 0. The molecular weight excluding hydrogens is 246 g/mol. The molecule has 0 bridgehead atoms. The molecule has 1 heterocycles. The van der Waals surface area contributed by atoms with Crippen LogP contribution in [-0.2, 0) is 0 Å². The number of nitrogens with one attached hydrogen (secondary N) is 1. The van der Waals surface area contributed by atoms with Gasteiger partial charge in [-0.3, -0.25) is 4.79 Å². The molecule has 0 saturated heterocycles. The average Bonchev–Trinajstić information content (AvgIpc) is 2.50. The second-order valence-corrected chi connectivity index (χ2v) is 5.35. The highest BCUT2D eigenvalue weighted by Crippen LogP contribution is 2.14. The van der Waals surface area contributed by atoms with Crippen molar-refractivity contribution in [2.45, 2.75) is 32.6 Å². The highest BCUT2D eigenvalue weighted by atomic mass is 16.1. The maximum atomic E-state index is 12.4. The second-order valence-electron chi connectivity index (χ2n) is 5.35. The number of allylic oxidation sites excluding steroid dienone is 5. The van der Waals surface area contributed by atoms with E-state index in [9.17, 15) is 4.79 Å². The summed E-state index contributed by atoms with van der Waals surface area (Å²) in [5.74, 6) is 0. The molecule has 3 rings (SSSR count). The van der Waals surface area contributed by atoms with Gasteiger partial charge in [0.05, 0.1) is 0 Å². The van der Waals surface area contributed by atoms with E-state index in [1.807, 2.05) is 19.1 Å². The number of H-pyrrole nitrogens is 1. The summed E-state index contributed by atoms with van der Waals surface area (Å²) < 4.78 is 0. The van der Waals surface area contributed by atoms with Gasteiger partial charge in [0.15, 0.2) is 5.43 Å². The van der Waals surface area contributed by atoms with Gasteiger partial charge >= 0.3 is 0 Å². The van der Waals surface area contributed by atoms with Crippen molar-refractivity contribution in [3.8, 4) is 0 Å². The zero-order valence-electron chi connectivity index (χ0n) is 11.8. The van der Waals surface area contributed by atoms with Crippen LogP contribution in [0, 0.1) is 6.92 Å². The van der Waals surface area contributed by atoms with Crippen molar-refractivity contribution in [2.75, 3.05) is 0 Å². The lowest BCUT2D eigenvalue weighted by Crippen LogP contribution is -2.44. The van der Waals surface area contributed by atoms with E-state index >= 15 is 0 Å². The van der Waals surface area contributed by atoms with Gasteiger partial charge in [-0.1, -0.05) is 36.5 Å². The molecule has 0 atom stereocenters. The third-order valence-corrected chi connectivity index (χ3v) is 3.92. The van der Waals surface area contributed by atoms with Crippen LogP contribution in [0.3, 0.4) is 0 Å². The Balaban J connectivity index is 2.05. The lowest BCUT2D eigenvalue weighted by Gasteiger charge is -2.06. The fourth-order valence-corrected chi connectivity index (χ4v) is 2.69. The van der Waals surface area contributed by atoms with E-state index in [-0.39, 0.29) is 5.43 Å². The zero-order chi connectivity index (χ0) is 13.9. The van der Waals surface area contributed by atoms with Crippen molar-refractivity contribution < 1.29 is 0 Å². The molecule has 0 aliphatic heterocycles. The monoisotopic (exact) mass is 265 g/mol. The first kappa shape index (κ1) is 12.9. The first-order valence-corrected chi connectivity index (χ1v) is 7.23. The van der Waals surface area contributed by atoms with Gasteiger partial charge in [-0.05, 0) is 44.3 Å². The Morgan fingerprint density at radius 3 is 2.80 bits per heavy atom. The Morgan fingerprint density at radius 1 is 1.15 bits per heavy atom. The van der Waals surface area contributed by atoms with Crippen LogP contribution in [0.5, 0.6) is 0 Å². The van der Waals surface area contributed by atoms with Crippen LogP contribution in [0.1, 0.15) is 36.9 Å². The molecule has 2 nitrogen and oxygen atoms in total. The van der Waals surface area contributed by atoms with Gasteiger partial charge in [0.2, 0.25) is 0 Å². The minimum absolute atomic E-state index is 0.159. The standard InChI is InChI=1S/C18H19NO/c1-13-16(12-11-14-7-3-2-4-8-14)19-17-10-6-5-9-15(17)18(13)20/h2-3,7,9-12,19H,4-6,8H2,1H3/b12-11+. The summed E-state index contributed by atoms with van der Waals surface area (Å²) in [6.07, 6.45) is 18.8. The summed E-state index contributed by atoms with van der Waals surface area (Å²) in [6.45, 7) is 1.90. The fourth-order valence-electron chi connectivity index (χ4n) is 2.69. The maximum Gasteiger partial charge on any atom is 0.192 e. The number of aromatic nitrogens is 1. The molecule has 0 saturated carbocycles. The topological polar surface area (TPSA) is 32.9 Å². The molecule has 1 aromatic heterocycles.